The molecule has 4 nitrogen and oxygen atoms in total. The van der Waals surface area contributed by atoms with Crippen molar-refractivity contribution in [3.05, 3.63) is 48.0 Å². The Hall–Kier alpha value is -1.97. The summed E-state index contributed by atoms with van der Waals surface area (Å²) >= 11 is 0. The average Bonchev–Trinajstić information content (AvgIpc) is 2.65. The summed E-state index contributed by atoms with van der Waals surface area (Å²) in [6, 6.07) is 5.08. The van der Waals surface area contributed by atoms with E-state index >= 15 is 0 Å². The number of aryl methyl sites for hydroxylation is 1. The molecule has 0 bridgehead atoms. The van der Waals surface area contributed by atoms with Crippen LogP contribution in [0.5, 0.6) is 0 Å². The summed E-state index contributed by atoms with van der Waals surface area (Å²) in [5.74, 6) is -0.0348. The molecule has 4 heteroatoms. The summed E-state index contributed by atoms with van der Waals surface area (Å²) in [5.41, 5.74) is 1.21. The Kier molecular flexibility index (Phi) is 2.10. The second kappa shape index (κ2) is 3.41. The molecule has 0 aliphatic heterocycles. The molecule has 0 radical (unpaired) electrons. The summed E-state index contributed by atoms with van der Waals surface area (Å²) in [7, 11) is 1.74. The zero-order valence-corrected chi connectivity index (χ0v) is 7.71. The maximum absolute atomic E-state index is 11.8. The number of hydrogen-bond acceptors (Lipinski definition) is 3. The van der Waals surface area contributed by atoms with Gasteiger partial charge >= 0.3 is 0 Å². The number of carbonyl (C=O) groups is 1. The Balaban J connectivity index is 2.39. The first-order chi connectivity index (χ1) is 6.79. The van der Waals surface area contributed by atoms with Gasteiger partial charge in [-0.15, -0.1) is 0 Å². The summed E-state index contributed by atoms with van der Waals surface area (Å²) in [5, 5.41) is 3.94. The van der Waals surface area contributed by atoms with E-state index in [0.29, 0.717) is 11.3 Å². The van der Waals surface area contributed by atoms with E-state index in [9.17, 15) is 4.79 Å². The molecule has 70 valence electrons. The van der Waals surface area contributed by atoms with E-state index in [-0.39, 0.29) is 5.78 Å². The normalized spacial score (nSPS) is 10.1. The van der Waals surface area contributed by atoms with Crippen LogP contribution in [0.3, 0.4) is 0 Å². The van der Waals surface area contributed by atoms with Crippen LogP contribution in [0.4, 0.5) is 0 Å². The monoisotopic (exact) mass is 187 g/mol. The summed E-state index contributed by atoms with van der Waals surface area (Å²) in [6.07, 6.45) is 4.81. The second-order valence-corrected chi connectivity index (χ2v) is 2.91. The fourth-order valence-corrected chi connectivity index (χ4v) is 1.25. The lowest BCUT2D eigenvalue weighted by Gasteiger charge is -1.99. The Morgan fingerprint density at radius 2 is 1.93 bits per heavy atom. The number of aromatic nitrogens is 3. The Bertz CT molecular complexity index is 447. The predicted octanol–water partition coefficient (Wildman–Crippen LogP) is 1.05. The zero-order chi connectivity index (χ0) is 9.97. The third-order valence-electron chi connectivity index (χ3n) is 2.00. The lowest BCUT2D eigenvalue weighted by molar-refractivity contribution is 0.103. The molecule has 0 N–H and O–H groups in total. The third kappa shape index (κ3) is 1.42. The van der Waals surface area contributed by atoms with Gasteiger partial charge in [-0.2, -0.15) is 5.10 Å². The van der Waals surface area contributed by atoms with Gasteiger partial charge in [0, 0.05) is 31.2 Å². The molecule has 0 aromatic carbocycles. The van der Waals surface area contributed by atoms with E-state index in [1.165, 1.54) is 0 Å². The maximum atomic E-state index is 11.8. The minimum Gasteiger partial charge on any atom is -0.287 e. The molecule has 0 atom stereocenters. The van der Waals surface area contributed by atoms with Crippen LogP contribution in [0.25, 0.3) is 0 Å². The van der Waals surface area contributed by atoms with E-state index < -0.39 is 0 Å². The molecule has 2 aromatic heterocycles. The topological polar surface area (TPSA) is 47.8 Å². The molecule has 0 saturated heterocycles. The molecule has 0 fully saturated rings. The molecule has 0 spiro atoms. The molecular weight excluding hydrogens is 178 g/mol. The van der Waals surface area contributed by atoms with Gasteiger partial charge in [0.15, 0.2) is 0 Å². The molecule has 2 rings (SSSR count). The van der Waals surface area contributed by atoms with Crippen molar-refractivity contribution < 1.29 is 4.79 Å². The van der Waals surface area contributed by atoms with Crippen molar-refractivity contribution in [3.8, 4) is 0 Å². The van der Waals surface area contributed by atoms with Crippen molar-refractivity contribution in [2.45, 2.75) is 0 Å². The van der Waals surface area contributed by atoms with Crippen LogP contribution >= 0.6 is 0 Å². The van der Waals surface area contributed by atoms with Gasteiger partial charge in [0.1, 0.15) is 5.69 Å². The summed E-state index contributed by atoms with van der Waals surface area (Å²) < 4.78 is 1.56. The van der Waals surface area contributed by atoms with Crippen molar-refractivity contribution in [3.63, 3.8) is 0 Å². The molecule has 2 heterocycles. The van der Waals surface area contributed by atoms with Gasteiger partial charge in [0.25, 0.3) is 0 Å². The molecule has 0 aliphatic rings. The highest BCUT2D eigenvalue weighted by atomic mass is 16.1. The van der Waals surface area contributed by atoms with Crippen LogP contribution in [0, 0.1) is 0 Å². The van der Waals surface area contributed by atoms with Gasteiger partial charge in [-0.1, -0.05) is 0 Å². The molecule has 0 aliphatic carbocycles. The number of rotatable bonds is 2. The van der Waals surface area contributed by atoms with Crippen molar-refractivity contribution in [1.82, 2.24) is 14.8 Å². The second-order valence-electron chi connectivity index (χ2n) is 2.91. The lowest BCUT2D eigenvalue weighted by atomic mass is 10.1. The maximum Gasteiger partial charge on any atom is 0.211 e. The predicted molar refractivity (Wildman–Crippen MR) is 50.9 cm³/mol. The molecule has 0 unspecified atom stereocenters. The van der Waals surface area contributed by atoms with Crippen LogP contribution in [-0.2, 0) is 7.05 Å². The number of ketones is 1. The van der Waals surface area contributed by atoms with Gasteiger partial charge < -0.3 is 0 Å². The number of carbonyl (C=O) groups excluding carboxylic acids is 1. The van der Waals surface area contributed by atoms with Crippen LogP contribution in [-0.4, -0.2) is 20.5 Å². The third-order valence-corrected chi connectivity index (χ3v) is 2.00. The smallest absolute Gasteiger partial charge is 0.211 e. The number of pyridine rings is 1. The number of nitrogens with zero attached hydrogens (tertiary/aromatic N) is 3. The van der Waals surface area contributed by atoms with E-state index in [4.69, 9.17) is 0 Å². The van der Waals surface area contributed by atoms with Crippen molar-refractivity contribution in [2.24, 2.45) is 7.05 Å². The summed E-state index contributed by atoms with van der Waals surface area (Å²) in [6.45, 7) is 0. The van der Waals surface area contributed by atoms with Gasteiger partial charge in [-0.05, 0) is 18.2 Å². The summed E-state index contributed by atoms with van der Waals surface area (Å²) in [4.78, 5) is 15.7. The minimum atomic E-state index is -0.0348. The fourth-order valence-electron chi connectivity index (χ4n) is 1.25. The largest absolute Gasteiger partial charge is 0.287 e. The van der Waals surface area contributed by atoms with Gasteiger partial charge in [-0.25, -0.2) is 0 Å². The van der Waals surface area contributed by atoms with Crippen LogP contribution in [0.15, 0.2) is 36.8 Å². The number of hydrogen-bond donors (Lipinski definition) is 0. The van der Waals surface area contributed by atoms with Gasteiger partial charge in [-0.3, -0.25) is 14.5 Å². The van der Waals surface area contributed by atoms with E-state index in [1.807, 2.05) is 0 Å². The molecule has 14 heavy (non-hydrogen) atoms. The van der Waals surface area contributed by atoms with Crippen molar-refractivity contribution in [2.75, 3.05) is 0 Å². The fraction of sp³-hybridized carbons (Fsp3) is 0.100. The molecule has 0 saturated carbocycles. The first kappa shape index (κ1) is 8.62. The van der Waals surface area contributed by atoms with Gasteiger partial charge in [0.05, 0.1) is 0 Å². The minimum absolute atomic E-state index is 0.0348. The highest BCUT2D eigenvalue weighted by Gasteiger charge is 2.11. The van der Waals surface area contributed by atoms with E-state index in [2.05, 4.69) is 10.1 Å². The molecule has 2 aromatic rings. The molecular formula is C10H9N3O. The van der Waals surface area contributed by atoms with Crippen LogP contribution < -0.4 is 0 Å². The van der Waals surface area contributed by atoms with Crippen LogP contribution in [0.1, 0.15) is 16.1 Å². The standard InChI is InChI=1S/C10H9N3O/c1-13-9(4-7-12-13)10(14)8-2-5-11-6-3-8/h2-7H,1H3. The van der Waals surface area contributed by atoms with Gasteiger partial charge in [0.2, 0.25) is 5.78 Å². The quantitative estimate of drug-likeness (QED) is 0.660. The SMILES string of the molecule is Cn1nccc1C(=O)c1ccncc1. The Morgan fingerprint density at radius 3 is 2.50 bits per heavy atom. The van der Waals surface area contributed by atoms with Crippen molar-refractivity contribution in [1.29, 1.82) is 0 Å². The van der Waals surface area contributed by atoms with Crippen LogP contribution in [0.2, 0.25) is 0 Å². The van der Waals surface area contributed by atoms with E-state index in [1.54, 1.807) is 48.5 Å². The Labute approximate surface area is 81.2 Å². The lowest BCUT2D eigenvalue weighted by Crippen LogP contribution is -2.07. The highest BCUT2D eigenvalue weighted by Crippen LogP contribution is 2.06. The van der Waals surface area contributed by atoms with E-state index in [0.717, 1.165) is 0 Å². The van der Waals surface area contributed by atoms with Crippen molar-refractivity contribution >= 4 is 5.78 Å². The molecule has 0 amide bonds. The first-order valence-electron chi connectivity index (χ1n) is 4.22. The average molecular weight is 187 g/mol. The highest BCUT2D eigenvalue weighted by molar-refractivity contribution is 6.07. The zero-order valence-electron chi connectivity index (χ0n) is 7.71. The first-order valence-corrected chi connectivity index (χ1v) is 4.22. The Morgan fingerprint density at radius 1 is 1.21 bits per heavy atom.